The summed E-state index contributed by atoms with van der Waals surface area (Å²) in [5.74, 6) is -0.0361. The normalized spacial score (nSPS) is 13.6. The Kier molecular flexibility index (Phi) is 3.16. The van der Waals surface area contributed by atoms with Crippen LogP contribution in [-0.2, 0) is 6.54 Å². The minimum Gasteiger partial charge on any atom is -0.269 e. The Morgan fingerprint density at radius 2 is 1.73 bits per heavy atom. The molecule has 126 valence electrons. The molecule has 0 unspecified atom stereocenters. The van der Waals surface area contributed by atoms with E-state index in [1.165, 1.54) is 16.2 Å². The molecule has 0 aliphatic carbocycles. The highest BCUT2D eigenvalue weighted by Crippen LogP contribution is 2.26. The van der Waals surface area contributed by atoms with Gasteiger partial charge in [-0.15, -0.1) is 10.2 Å². The number of hydrogen-bond donors (Lipinski definition) is 0. The summed E-state index contributed by atoms with van der Waals surface area (Å²) in [6.07, 6.45) is 3.36. The maximum Gasteiger partial charge on any atom is 0.261 e. The molecule has 26 heavy (non-hydrogen) atoms. The molecule has 5 rings (SSSR count). The first-order valence-corrected chi connectivity index (χ1v) is 8.61. The summed E-state index contributed by atoms with van der Waals surface area (Å²) in [5, 5.41) is 13.3. The number of aromatic nitrogens is 5. The summed E-state index contributed by atoms with van der Waals surface area (Å²) in [6.45, 7) is 0.104. The summed E-state index contributed by atoms with van der Waals surface area (Å²) in [6, 6.07) is 10.5. The fourth-order valence-corrected chi connectivity index (χ4v) is 3.74. The number of carbonyl (C=O) groups is 2. The van der Waals surface area contributed by atoms with Gasteiger partial charge in [-0.05, 0) is 24.3 Å². The number of pyridine rings is 1. The van der Waals surface area contributed by atoms with Crippen molar-refractivity contribution in [2.24, 2.45) is 0 Å². The molecule has 0 fully saturated rings. The molecule has 0 saturated carbocycles. The van der Waals surface area contributed by atoms with E-state index < -0.39 is 0 Å². The van der Waals surface area contributed by atoms with Crippen LogP contribution in [0.3, 0.4) is 0 Å². The van der Waals surface area contributed by atoms with Gasteiger partial charge in [0.2, 0.25) is 4.96 Å². The minimum atomic E-state index is -0.302. The topological polar surface area (TPSA) is 93.4 Å². The van der Waals surface area contributed by atoms with Crippen molar-refractivity contribution in [1.29, 1.82) is 0 Å². The standard InChI is InChI=1S/C17H10N6O2S/c24-15-11-5-1-2-6-12(11)16(25)22(15)9-13-21-23-14(19-20-17(23)26-13)10-4-3-7-18-8-10/h1-8H,9H2. The number of amides is 2. The van der Waals surface area contributed by atoms with E-state index in [9.17, 15) is 9.59 Å². The first-order valence-electron chi connectivity index (χ1n) is 7.79. The van der Waals surface area contributed by atoms with Crippen molar-refractivity contribution in [2.75, 3.05) is 0 Å². The number of carbonyl (C=O) groups excluding carboxylic acids is 2. The second-order valence-electron chi connectivity index (χ2n) is 5.70. The molecule has 0 spiro atoms. The van der Waals surface area contributed by atoms with Crippen molar-refractivity contribution in [3.63, 3.8) is 0 Å². The Morgan fingerprint density at radius 1 is 0.962 bits per heavy atom. The van der Waals surface area contributed by atoms with Crippen LogP contribution in [0.1, 0.15) is 25.7 Å². The fourth-order valence-electron chi connectivity index (χ4n) is 2.91. The van der Waals surface area contributed by atoms with E-state index in [0.29, 0.717) is 26.9 Å². The van der Waals surface area contributed by atoms with Crippen LogP contribution in [0, 0.1) is 0 Å². The number of hydrogen-bond acceptors (Lipinski definition) is 7. The maximum atomic E-state index is 12.5. The van der Waals surface area contributed by atoms with Crippen LogP contribution in [0.4, 0.5) is 0 Å². The smallest absolute Gasteiger partial charge is 0.261 e. The molecule has 3 aromatic heterocycles. The molecule has 0 N–H and O–H groups in total. The van der Waals surface area contributed by atoms with Gasteiger partial charge in [-0.3, -0.25) is 19.5 Å². The fraction of sp³-hybridized carbons (Fsp3) is 0.0588. The first kappa shape index (κ1) is 14.8. The number of nitrogens with zero attached hydrogens (tertiary/aromatic N) is 6. The number of benzene rings is 1. The highest BCUT2D eigenvalue weighted by Gasteiger charge is 2.35. The quantitative estimate of drug-likeness (QED) is 0.518. The zero-order valence-corrected chi connectivity index (χ0v) is 14.1. The van der Waals surface area contributed by atoms with Gasteiger partial charge in [0.15, 0.2) is 5.82 Å². The SMILES string of the molecule is O=C1c2ccccc2C(=O)N1Cc1nn2c(-c3cccnc3)nnc2s1. The van der Waals surface area contributed by atoms with E-state index in [4.69, 9.17) is 0 Å². The average molecular weight is 362 g/mol. The van der Waals surface area contributed by atoms with Gasteiger partial charge in [-0.2, -0.15) is 9.61 Å². The van der Waals surface area contributed by atoms with Crippen LogP contribution in [0.25, 0.3) is 16.3 Å². The molecular formula is C17H10N6O2S. The molecule has 1 aliphatic rings. The van der Waals surface area contributed by atoms with Crippen LogP contribution in [0.15, 0.2) is 48.8 Å². The third-order valence-electron chi connectivity index (χ3n) is 4.12. The Balaban J connectivity index is 1.49. The van der Waals surface area contributed by atoms with Gasteiger partial charge >= 0.3 is 0 Å². The molecule has 4 aromatic rings. The third-order valence-corrected chi connectivity index (χ3v) is 5.01. The highest BCUT2D eigenvalue weighted by atomic mass is 32.1. The van der Waals surface area contributed by atoms with Gasteiger partial charge in [0.25, 0.3) is 11.8 Å². The van der Waals surface area contributed by atoms with E-state index >= 15 is 0 Å². The van der Waals surface area contributed by atoms with Crippen molar-refractivity contribution in [3.8, 4) is 11.4 Å². The summed E-state index contributed by atoms with van der Waals surface area (Å²) in [7, 11) is 0. The lowest BCUT2D eigenvalue weighted by Crippen LogP contribution is -2.29. The summed E-state index contributed by atoms with van der Waals surface area (Å²) < 4.78 is 1.61. The average Bonchev–Trinajstić information content (AvgIpc) is 3.31. The van der Waals surface area contributed by atoms with E-state index in [0.717, 1.165) is 5.56 Å². The van der Waals surface area contributed by atoms with Crippen LogP contribution in [-0.4, -0.2) is 41.5 Å². The van der Waals surface area contributed by atoms with Gasteiger partial charge in [-0.25, -0.2) is 0 Å². The van der Waals surface area contributed by atoms with E-state index in [1.54, 1.807) is 41.2 Å². The molecule has 0 radical (unpaired) electrons. The Labute approximate surface area is 150 Å². The summed E-state index contributed by atoms with van der Waals surface area (Å²) in [5.41, 5.74) is 1.64. The predicted octanol–water partition coefficient (Wildman–Crippen LogP) is 2.04. The minimum absolute atomic E-state index is 0.104. The zero-order chi connectivity index (χ0) is 17.7. The second-order valence-corrected chi connectivity index (χ2v) is 6.74. The number of imide groups is 1. The molecule has 0 saturated heterocycles. The highest BCUT2D eigenvalue weighted by molar-refractivity contribution is 7.16. The van der Waals surface area contributed by atoms with Crippen molar-refractivity contribution >= 4 is 28.1 Å². The van der Waals surface area contributed by atoms with Crippen LogP contribution in [0.5, 0.6) is 0 Å². The molecule has 0 bridgehead atoms. The largest absolute Gasteiger partial charge is 0.269 e. The van der Waals surface area contributed by atoms with Crippen LogP contribution in [0.2, 0.25) is 0 Å². The molecule has 0 atom stereocenters. The molecule has 2 amide bonds. The Hall–Kier alpha value is -3.46. The van der Waals surface area contributed by atoms with Gasteiger partial charge in [0.1, 0.15) is 5.01 Å². The second kappa shape index (κ2) is 5.53. The van der Waals surface area contributed by atoms with E-state index in [-0.39, 0.29) is 18.4 Å². The third kappa shape index (κ3) is 2.14. The van der Waals surface area contributed by atoms with Crippen molar-refractivity contribution in [3.05, 3.63) is 64.9 Å². The lowest BCUT2D eigenvalue weighted by molar-refractivity contribution is 0.0642. The molecule has 1 aliphatic heterocycles. The van der Waals surface area contributed by atoms with Gasteiger partial charge < -0.3 is 0 Å². The molecule has 8 nitrogen and oxygen atoms in total. The number of fused-ring (bicyclic) bond motifs is 2. The maximum absolute atomic E-state index is 12.5. The Bertz CT molecular complexity index is 1130. The zero-order valence-electron chi connectivity index (χ0n) is 13.2. The lowest BCUT2D eigenvalue weighted by atomic mass is 10.1. The first-order chi connectivity index (χ1) is 12.7. The van der Waals surface area contributed by atoms with Gasteiger partial charge in [0, 0.05) is 18.0 Å². The Morgan fingerprint density at radius 3 is 2.42 bits per heavy atom. The van der Waals surface area contributed by atoms with Gasteiger partial charge in [0.05, 0.1) is 17.7 Å². The van der Waals surface area contributed by atoms with Crippen molar-refractivity contribution < 1.29 is 9.59 Å². The van der Waals surface area contributed by atoms with Crippen LogP contribution >= 0.6 is 11.3 Å². The summed E-state index contributed by atoms with van der Waals surface area (Å²) in [4.78, 5) is 30.9. The predicted molar refractivity (Wildman–Crippen MR) is 92.5 cm³/mol. The van der Waals surface area contributed by atoms with E-state index in [1.807, 2.05) is 12.1 Å². The molecule has 4 heterocycles. The monoisotopic (exact) mass is 362 g/mol. The van der Waals surface area contributed by atoms with Crippen molar-refractivity contribution in [1.82, 2.24) is 29.7 Å². The van der Waals surface area contributed by atoms with Gasteiger partial charge in [-0.1, -0.05) is 23.5 Å². The molecule has 1 aromatic carbocycles. The number of rotatable bonds is 3. The van der Waals surface area contributed by atoms with E-state index in [2.05, 4.69) is 20.3 Å². The molecular weight excluding hydrogens is 352 g/mol. The lowest BCUT2D eigenvalue weighted by Gasteiger charge is -2.10. The molecule has 9 heteroatoms. The summed E-state index contributed by atoms with van der Waals surface area (Å²) >= 11 is 1.29. The van der Waals surface area contributed by atoms with Crippen molar-refractivity contribution in [2.45, 2.75) is 6.54 Å². The van der Waals surface area contributed by atoms with Crippen LogP contribution < -0.4 is 0 Å².